The summed E-state index contributed by atoms with van der Waals surface area (Å²) in [6.45, 7) is 0. The van der Waals surface area contributed by atoms with Crippen LogP contribution in [0.15, 0.2) is 72.6 Å². The molecule has 3 aromatic rings. The molecule has 1 amide bonds. The number of pyridine rings is 1. The Kier molecular flexibility index (Phi) is 6.56. The van der Waals surface area contributed by atoms with Crippen molar-refractivity contribution >= 4 is 23.1 Å². The summed E-state index contributed by atoms with van der Waals surface area (Å²) in [6, 6.07) is 11.0. The number of aliphatic hydroxyl groups is 1. The first-order chi connectivity index (χ1) is 17.1. The van der Waals surface area contributed by atoms with E-state index in [-0.39, 0.29) is 22.6 Å². The van der Waals surface area contributed by atoms with E-state index in [4.69, 9.17) is 9.47 Å². The van der Waals surface area contributed by atoms with Gasteiger partial charge in [0.15, 0.2) is 0 Å². The van der Waals surface area contributed by atoms with E-state index in [1.165, 1.54) is 50.9 Å². The molecular formula is C25H19F3N2O6. The van der Waals surface area contributed by atoms with Crippen LogP contribution in [0.1, 0.15) is 17.2 Å². The number of aliphatic hydroxyl groups excluding tert-OH is 1. The number of amides is 1. The third-order valence-corrected chi connectivity index (χ3v) is 5.48. The van der Waals surface area contributed by atoms with Gasteiger partial charge in [0.25, 0.3) is 11.7 Å². The lowest BCUT2D eigenvalue weighted by Crippen LogP contribution is -2.29. The van der Waals surface area contributed by atoms with Crippen LogP contribution in [0, 0.1) is 0 Å². The summed E-state index contributed by atoms with van der Waals surface area (Å²) < 4.78 is 52.1. The van der Waals surface area contributed by atoms with Gasteiger partial charge in [-0.3, -0.25) is 19.5 Å². The molecule has 1 aromatic heterocycles. The third kappa shape index (κ3) is 4.67. The van der Waals surface area contributed by atoms with Gasteiger partial charge in [-0.05, 0) is 54.1 Å². The highest BCUT2D eigenvalue weighted by Crippen LogP contribution is 2.44. The van der Waals surface area contributed by atoms with Crippen molar-refractivity contribution in [3.8, 4) is 17.2 Å². The maximum absolute atomic E-state index is 13.2. The van der Waals surface area contributed by atoms with Crippen LogP contribution in [0.25, 0.3) is 5.76 Å². The lowest BCUT2D eigenvalue weighted by Gasteiger charge is -2.25. The maximum atomic E-state index is 13.2. The summed E-state index contributed by atoms with van der Waals surface area (Å²) >= 11 is 0. The number of benzene rings is 2. The predicted molar refractivity (Wildman–Crippen MR) is 122 cm³/mol. The molecule has 0 spiro atoms. The van der Waals surface area contributed by atoms with Gasteiger partial charge in [0.05, 0.1) is 31.4 Å². The molecule has 0 saturated carbocycles. The van der Waals surface area contributed by atoms with Crippen LogP contribution < -0.4 is 19.1 Å². The van der Waals surface area contributed by atoms with E-state index >= 15 is 0 Å². The first-order valence-electron chi connectivity index (χ1n) is 10.4. The van der Waals surface area contributed by atoms with E-state index in [0.717, 1.165) is 17.0 Å². The fourth-order valence-electron chi connectivity index (χ4n) is 3.91. The van der Waals surface area contributed by atoms with Gasteiger partial charge in [-0.25, -0.2) is 0 Å². The van der Waals surface area contributed by atoms with Crippen molar-refractivity contribution in [1.82, 2.24) is 4.98 Å². The zero-order valence-corrected chi connectivity index (χ0v) is 18.9. The molecule has 2 aromatic carbocycles. The number of halogens is 3. The van der Waals surface area contributed by atoms with Crippen molar-refractivity contribution in [3.05, 3.63) is 83.7 Å². The lowest BCUT2D eigenvalue weighted by atomic mass is 9.95. The Morgan fingerprint density at radius 2 is 1.58 bits per heavy atom. The summed E-state index contributed by atoms with van der Waals surface area (Å²) in [5.74, 6) is -2.31. The van der Waals surface area contributed by atoms with Crippen LogP contribution in [-0.2, 0) is 9.59 Å². The number of rotatable bonds is 6. The smallest absolute Gasteiger partial charge is 0.507 e. The number of nitrogens with zero attached hydrogens (tertiary/aromatic N) is 2. The molecule has 1 aliphatic heterocycles. The Morgan fingerprint density at radius 1 is 0.944 bits per heavy atom. The molecule has 4 rings (SSSR count). The number of anilines is 1. The van der Waals surface area contributed by atoms with Gasteiger partial charge in [-0.2, -0.15) is 0 Å². The van der Waals surface area contributed by atoms with Crippen molar-refractivity contribution in [2.75, 3.05) is 19.1 Å². The van der Waals surface area contributed by atoms with Crippen molar-refractivity contribution < 1.29 is 42.1 Å². The Balaban J connectivity index is 1.87. The average Bonchev–Trinajstić information content (AvgIpc) is 3.13. The Labute approximate surface area is 203 Å². The molecule has 8 nitrogen and oxygen atoms in total. The Bertz CT molecular complexity index is 1320. The van der Waals surface area contributed by atoms with Crippen molar-refractivity contribution in [2.24, 2.45) is 0 Å². The SMILES string of the molecule is COc1ccc(/C(O)=C2/C(=O)C(=O)N(c3ccc(OC(F)(F)F)cc3)C2c2ccncc2)c(OC)c1. The first kappa shape index (κ1) is 24.6. The number of methoxy groups -OCH3 is 2. The van der Waals surface area contributed by atoms with Gasteiger partial charge in [-0.1, -0.05) is 0 Å². The number of hydrogen-bond donors (Lipinski definition) is 1. The van der Waals surface area contributed by atoms with Gasteiger partial charge in [0.1, 0.15) is 23.0 Å². The standard InChI is InChI=1S/C25H19F3N2O6/c1-34-17-7-8-18(19(13-17)35-2)22(31)20-21(14-9-11-29-12-10-14)30(24(33)23(20)32)15-3-5-16(6-4-15)36-25(26,27)28/h3-13,21,31H,1-2H3/b22-20-. The summed E-state index contributed by atoms with van der Waals surface area (Å²) in [5, 5.41) is 11.3. The number of alkyl halides is 3. The zero-order chi connectivity index (χ0) is 26.0. The summed E-state index contributed by atoms with van der Waals surface area (Å²) in [5.41, 5.74) is 0.470. The Hall–Kier alpha value is -4.54. The number of carbonyl (C=O) groups is 2. The topological polar surface area (TPSA) is 98.2 Å². The molecule has 2 heterocycles. The van der Waals surface area contributed by atoms with Crippen LogP contribution in [0.2, 0.25) is 0 Å². The van der Waals surface area contributed by atoms with E-state index in [2.05, 4.69) is 9.72 Å². The summed E-state index contributed by atoms with van der Waals surface area (Å²) in [4.78, 5) is 31.4. The van der Waals surface area contributed by atoms with E-state index in [0.29, 0.717) is 11.3 Å². The van der Waals surface area contributed by atoms with E-state index in [1.807, 2.05) is 0 Å². The number of hydrogen-bond acceptors (Lipinski definition) is 7. The molecule has 0 bridgehead atoms. The molecule has 1 aliphatic rings. The molecule has 36 heavy (non-hydrogen) atoms. The largest absolute Gasteiger partial charge is 0.573 e. The molecule has 0 radical (unpaired) electrons. The molecular weight excluding hydrogens is 481 g/mol. The minimum Gasteiger partial charge on any atom is -0.507 e. The monoisotopic (exact) mass is 500 g/mol. The molecule has 1 fully saturated rings. The highest BCUT2D eigenvalue weighted by Gasteiger charge is 2.47. The van der Waals surface area contributed by atoms with Crippen LogP contribution >= 0.6 is 0 Å². The van der Waals surface area contributed by atoms with Crippen molar-refractivity contribution in [2.45, 2.75) is 12.4 Å². The van der Waals surface area contributed by atoms with Crippen LogP contribution in [-0.4, -0.2) is 42.4 Å². The second-order valence-electron chi connectivity index (χ2n) is 7.56. The third-order valence-electron chi connectivity index (χ3n) is 5.48. The molecule has 1 atom stereocenters. The second-order valence-corrected chi connectivity index (χ2v) is 7.56. The fourth-order valence-corrected chi connectivity index (χ4v) is 3.91. The van der Waals surface area contributed by atoms with Gasteiger partial charge in [-0.15, -0.1) is 13.2 Å². The number of ether oxygens (including phenoxy) is 3. The quantitative estimate of drug-likeness (QED) is 0.300. The molecule has 0 aliphatic carbocycles. The number of aromatic nitrogens is 1. The number of ketones is 1. The predicted octanol–water partition coefficient (Wildman–Crippen LogP) is 4.62. The van der Waals surface area contributed by atoms with Crippen molar-refractivity contribution in [1.29, 1.82) is 0 Å². The lowest BCUT2D eigenvalue weighted by molar-refractivity contribution is -0.274. The van der Waals surface area contributed by atoms with Crippen molar-refractivity contribution in [3.63, 3.8) is 0 Å². The Morgan fingerprint density at radius 3 is 2.17 bits per heavy atom. The molecule has 186 valence electrons. The highest BCUT2D eigenvalue weighted by molar-refractivity contribution is 6.51. The number of Topliss-reactive ketones (excluding diaryl/α,β-unsaturated/α-hetero) is 1. The fraction of sp³-hybridized carbons (Fsp3) is 0.160. The molecule has 1 saturated heterocycles. The highest BCUT2D eigenvalue weighted by atomic mass is 19.4. The van der Waals surface area contributed by atoms with Gasteiger partial charge in [0, 0.05) is 24.1 Å². The van der Waals surface area contributed by atoms with Gasteiger partial charge >= 0.3 is 6.36 Å². The number of carbonyl (C=O) groups excluding carboxylic acids is 2. The summed E-state index contributed by atoms with van der Waals surface area (Å²) in [6.07, 6.45) is -1.99. The first-order valence-corrected chi connectivity index (χ1v) is 10.4. The van der Waals surface area contributed by atoms with Gasteiger partial charge in [0.2, 0.25) is 0 Å². The van der Waals surface area contributed by atoms with E-state index < -0.39 is 35.6 Å². The molecule has 1 N–H and O–H groups in total. The second kappa shape index (κ2) is 9.61. The van der Waals surface area contributed by atoms with Gasteiger partial charge < -0.3 is 19.3 Å². The summed E-state index contributed by atoms with van der Waals surface area (Å²) in [7, 11) is 2.82. The van der Waals surface area contributed by atoms with Crippen LogP contribution in [0.5, 0.6) is 17.2 Å². The van der Waals surface area contributed by atoms with Crippen LogP contribution in [0.4, 0.5) is 18.9 Å². The zero-order valence-electron chi connectivity index (χ0n) is 18.9. The normalized spacial score (nSPS) is 17.2. The van der Waals surface area contributed by atoms with E-state index in [9.17, 15) is 27.9 Å². The van der Waals surface area contributed by atoms with E-state index in [1.54, 1.807) is 18.2 Å². The van der Waals surface area contributed by atoms with Crippen LogP contribution in [0.3, 0.4) is 0 Å². The molecule has 11 heteroatoms. The minimum absolute atomic E-state index is 0.120. The minimum atomic E-state index is -4.89. The molecule has 1 unspecified atom stereocenters. The average molecular weight is 500 g/mol. The maximum Gasteiger partial charge on any atom is 0.573 e.